The molecule has 1 saturated heterocycles. The summed E-state index contributed by atoms with van der Waals surface area (Å²) in [4.78, 5) is 39.6. The summed E-state index contributed by atoms with van der Waals surface area (Å²) in [7, 11) is 4.46. The largest absolute Gasteiger partial charge is 1.00 e. The number of piperidine rings is 1. The van der Waals surface area contributed by atoms with E-state index in [9.17, 15) is 14.4 Å². The van der Waals surface area contributed by atoms with Crippen molar-refractivity contribution in [3.63, 3.8) is 0 Å². The molecular formula is C37H47BrN4O5. The number of nitrogens with one attached hydrogen (secondary N) is 2. The lowest BCUT2D eigenvalue weighted by atomic mass is 9.98. The van der Waals surface area contributed by atoms with Crippen molar-refractivity contribution in [3.8, 4) is 11.1 Å². The first-order chi connectivity index (χ1) is 21.8. The maximum Gasteiger partial charge on any atom is 0.409 e. The summed E-state index contributed by atoms with van der Waals surface area (Å²) in [6, 6.07) is 24.2. The number of rotatable bonds is 8. The molecular weight excluding hydrogens is 660 g/mol. The van der Waals surface area contributed by atoms with Crippen molar-refractivity contribution in [2.24, 2.45) is 0 Å². The van der Waals surface area contributed by atoms with Crippen LogP contribution in [0.4, 0.5) is 15.3 Å². The Kier molecular flexibility index (Phi) is 11.4. The molecule has 0 spiro atoms. The van der Waals surface area contributed by atoms with Crippen LogP contribution in [0, 0.1) is 0 Å². The SMILES string of the molecule is CC(NC(=O)OC(C)(C)C)C(=O)Nc1ccc(C[N+](C)(C)C2CCN(C(=O)OCC3c4ccccc4-c4ccccc43)CC2)cc1.[Br-]. The number of ether oxygens (including phenoxy) is 2. The van der Waals surface area contributed by atoms with Crippen molar-refractivity contribution >= 4 is 23.8 Å². The predicted octanol–water partition coefficient (Wildman–Crippen LogP) is 3.53. The standard InChI is InChI=1S/C37H46N4O5.BrH/c1-25(38-35(43)46-37(2,3)4)34(42)39-27-17-15-26(16-18-27)23-41(5,6)28-19-21-40(22-20-28)36(44)45-24-33-31-13-9-7-11-29(31)30-12-8-10-14-32(30)33;/h7-18,25,28,33H,19-24H2,1-6H3,(H-,38,39,42,43);1H. The average Bonchev–Trinajstić information content (AvgIpc) is 3.33. The van der Waals surface area contributed by atoms with Gasteiger partial charge in [-0.3, -0.25) is 4.79 Å². The van der Waals surface area contributed by atoms with Crippen molar-refractivity contribution in [2.45, 2.75) is 70.7 Å². The lowest BCUT2D eigenvalue weighted by Crippen LogP contribution is -3.00. The van der Waals surface area contributed by atoms with Gasteiger partial charge in [0.15, 0.2) is 0 Å². The molecule has 47 heavy (non-hydrogen) atoms. The zero-order valence-electron chi connectivity index (χ0n) is 28.2. The maximum atomic E-state index is 13.1. The molecule has 0 saturated carbocycles. The summed E-state index contributed by atoms with van der Waals surface area (Å²) >= 11 is 0. The highest BCUT2D eigenvalue weighted by Crippen LogP contribution is 2.44. The van der Waals surface area contributed by atoms with Crippen LogP contribution in [-0.4, -0.2) is 79.0 Å². The fourth-order valence-corrected chi connectivity index (χ4v) is 6.53. The van der Waals surface area contributed by atoms with Gasteiger partial charge < -0.3 is 46.5 Å². The molecule has 3 aromatic carbocycles. The van der Waals surface area contributed by atoms with Crippen LogP contribution < -0.4 is 27.6 Å². The number of benzene rings is 3. The van der Waals surface area contributed by atoms with Gasteiger partial charge in [0.05, 0.1) is 20.1 Å². The number of amides is 3. The third kappa shape index (κ3) is 8.93. The molecule has 9 nitrogen and oxygen atoms in total. The monoisotopic (exact) mass is 706 g/mol. The Labute approximate surface area is 289 Å². The molecule has 2 aliphatic rings. The van der Waals surface area contributed by atoms with Crippen LogP contribution in [0.25, 0.3) is 11.1 Å². The predicted molar refractivity (Wildman–Crippen MR) is 179 cm³/mol. The Morgan fingerprint density at radius 2 is 1.45 bits per heavy atom. The van der Waals surface area contributed by atoms with E-state index in [0.29, 0.717) is 31.4 Å². The third-order valence-corrected chi connectivity index (χ3v) is 8.99. The van der Waals surface area contributed by atoms with Gasteiger partial charge in [0, 0.05) is 43.1 Å². The number of halogens is 1. The molecule has 0 bridgehead atoms. The Hall–Kier alpha value is -3.89. The van der Waals surface area contributed by atoms with E-state index in [1.54, 1.807) is 27.7 Å². The van der Waals surface area contributed by atoms with E-state index in [0.717, 1.165) is 29.4 Å². The number of anilines is 1. The molecule has 1 fully saturated rings. The normalized spacial score (nSPS) is 15.5. The van der Waals surface area contributed by atoms with Gasteiger partial charge in [0.1, 0.15) is 24.8 Å². The van der Waals surface area contributed by atoms with Crippen molar-refractivity contribution < 1.29 is 45.3 Å². The first kappa shape index (κ1) is 36.0. The molecule has 3 amide bonds. The number of fused-ring (bicyclic) bond motifs is 3. The first-order valence-electron chi connectivity index (χ1n) is 16.1. The zero-order valence-corrected chi connectivity index (χ0v) is 29.8. The molecule has 10 heteroatoms. The average molecular weight is 708 g/mol. The zero-order chi connectivity index (χ0) is 33.1. The minimum Gasteiger partial charge on any atom is -1.00 e. The maximum absolute atomic E-state index is 13.1. The van der Waals surface area contributed by atoms with E-state index < -0.39 is 17.7 Å². The number of quaternary nitrogens is 1. The number of carbonyl (C=O) groups is 3. The van der Waals surface area contributed by atoms with Gasteiger partial charge >= 0.3 is 12.2 Å². The quantitative estimate of drug-likeness (QED) is 0.350. The van der Waals surface area contributed by atoms with E-state index in [1.807, 2.05) is 41.3 Å². The summed E-state index contributed by atoms with van der Waals surface area (Å²) in [5, 5.41) is 5.42. The Morgan fingerprint density at radius 1 is 0.894 bits per heavy atom. The van der Waals surface area contributed by atoms with E-state index in [1.165, 1.54) is 22.3 Å². The summed E-state index contributed by atoms with van der Waals surface area (Å²) in [6.07, 6.45) is 0.926. The number of carbonyl (C=O) groups excluding carboxylic acids is 3. The van der Waals surface area contributed by atoms with Crippen LogP contribution in [-0.2, 0) is 20.8 Å². The van der Waals surface area contributed by atoms with Crippen molar-refractivity contribution in [1.29, 1.82) is 0 Å². The summed E-state index contributed by atoms with van der Waals surface area (Å²) in [5.41, 5.74) is 6.06. The number of likely N-dealkylation sites (tertiary alicyclic amines) is 1. The number of hydrogen-bond acceptors (Lipinski definition) is 5. The Balaban J connectivity index is 0.00000500. The molecule has 1 atom stereocenters. The van der Waals surface area contributed by atoms with Crippen LogP contribution in [0.2, 0.25) is 0 Å². The molecule has 0 aromatic heterocycles. The fraction of sp³-hybridized carbons (Fsp3) is 0.432. The van der Waals surface area contributed by atoms with Gasteiger partial charge in [-0.25, -0.2) is 9.59 Å². The summed E-state index contributed by atoms with van der Waals surface area (Å²) in [5.74, 6) is -0.264. The van der Waals surface area contributed by atoms with E-state index in [4.69, 9.17) is 9.47 Å². The minimum atomic E-state index is -0.746. The van der Waals surface area contributed by atoms with Gasteiger partial charge in [0.2, 0.25) is 5.91 Å². The van der Waals surface area contributed by atoms with Gasteiger partial charge in [-0.1, -0.05) is 60.7 Å². The van der Waals surface area contributed by atoms with Crippen LogP contribution in [0.15, 0.2) is 72.8 Å². The Bertz CT molecular complexity index is 1520. The second kappa shape index (κ2) is 14.9. The number of hydrogen-bond donors (Lipinski definition) is 2. The van der Waals surface area contributed by atoms with E-state index in [-0.39, 0.29) is 34.9 Å². The lowest BCUT2D eigenvalue weighted by Gasteiger charge is -2.42. The lowest BCUT2D eigenvalue weighted by molar-refractivity contribution is -0.929. The number of nitrogens with zero attached hydrogens (tertiary/aromatic N) is 2. The molecule has 1 heterocycles. The Morgan fingerprint density at radius 3 is 2.00 bits per heavy atom. The van der Waals surface area contributed by atoms with Gasteiger partial charge in [-0.15, -0.1) is 0 Å². The smallest absolute Gasteiger partial charge is 0.409 e. The highest BCUT2D eigenvalue weighted by molar-refractivity contribution is 5.96. The summed E-state index contributed by atoms with van der Waals surface area (Å²) < 4.78 is 11.9. The molecule has 1 aliphatic heterocycles. The van der Waals surface area contributed by atoms with Crippen molar-refractivity contribution in [3.05, 3.63) is 89.5 Å². The van der Waals surface area contributed by atoms with E-state index >= 15 is 0 Å². The molecule has 5 rings (SSSR count). The van der Waals surface area contributed by atoms with Crippen LogP contribution in [0.3, 0.4) is 0 Å². The van der Waals surface area contributed by atoms with Crippen LogP contribution in [0.5, 0.6) is 0 Å². The molecule has 3 aromatic rings. The topological polar surface area (TPSA) is 97.0 Å². The fourth-order valence-electron chi connectivity index (χ4n) is 6.53. The highest BCUT2D eigenvalue weighted by atomic mass is 79.9. The van der Waals surface area contributed by atoms with Crippen molar-refractivity contribution in [2.75, 3.05) is 39.1 Å². The second-order valence-corrected chi connectivity index (χ2v) is 14.0. The second-order valence-electron chi connectivity index (χ2n) is 14.0. The van der Waals surface area contributed by atoms with Crippen LogP contribution in [0.1, 0.15) is 63.1 Å². The molecule has 2 N–H and O–H groups in total. The molecule has 1 aliphatic carbocycles. The third-order valence-electron chi connectivity index (χ3n) is 8.99. The first-order valence-corrected chi connectivity index (χ1v) is 16.1. The molecule has 0 radical (unpaired) electrons. The van der Waals surface area contributed by atoms with Gasteiger partial charge in [-0.05, 0) is 62.1 Å². The van der Waals surface area contributed by atoms with Gasteiger partial charge in [0.25, 0.3) is 0 Å². The summed E-state index contributed by atoms with van der Waals surface area (Å²) in [6.45, 7) is 9.43. The van der Waals surface area contributed by atoms with Gasteiger partial charge in [-0.2, -0.15) is 0 Å². The molecule has 1 unspecified atom stereocenters. The highest BCUT2D eigenvalue weighted by Gasteiger charge is 2.35. The minimum absolute atomic E-state index is 0. The van der Waals surface area contributed by atoms with E-state index in [2.05, 4.69) is 61.1 Å². The van der Waals surface area contributed by atoms with Crippen LogP contribution >= 0.6 is 0 Å². The number of alkyl carbamates (subject to hydrolysis) is 1. The molecule has 252 valence electrons. The van der Waals surface area contributed by atoms with Crippen molar-refractivity contribution in [1.82, 2.24) is 10.2 Å².